The number of benzene rings is 1. The lowest BCUT2D eigenvalue weighted by molar-refractivity contribution is 0.355. The molecular formula is C16H15ClN2O2. The van der Waals surface area contributed by atoms with Crippen molar-refractivity contribution in [1.29, 1.82) is 0 Å². The Bertz CT molecular complexity index is 811. The van der Waals surface area contributed by atoms with Crippen LogP contribution >= 0.6 is 11.6 Å². The Hall–Kier alpha value is -2.20. The number of nitrogens with zero attached hydrogens (tertiary/aromatic N) is 1. The largest absolute Gasteiger partial charge is 0.493 e. The minimum Gasteiger partial charge on any atom is -0.493 e. The van der Waals surface area contributed by atoms with Gasteiger partial charge in [-0.1, -0.05) is 11.6 Å². The van der Waals surface area contributed by atoms with E-state index >= 15 is 0 Å². The standard InChI is InChI=1S/C16H15ClN2O2/c1-9-11-7-15(17)18-8-12(11)19-16(9)10-4-5-13(20-2)14(6-10)21-3/h4-8,19H,1-3H3. The molecule has 0 aliphatic carbocycles. The van der Waals surface area contributed by atoms with Crippen molar-refractivity contribution in [3.8, 4) is 22.8 Å². The van der Waals surface area contributed by atoms with Crippen LogP contribution in [-0.4, -0.2) is 24.2 Å². The van der Waals surface area contributed by atoms with E-state index in [2.05, 4.69) is 16.9 Å². The maximum atomic E-state index is 5.97. The molecular weight excluding hydrogens is 288 g/mol. The van der Waals surface area contributed by atoms with Gasteiger partial charge in [0.1, 0.15) is 5.15 Å². The summed E-state index contributed by atoms with van der Waals surface area (Å²) in [6, 6.07) is 7.71. The van der Waals surface area contributed by atoms with Gasteiger partial charge in [-0.05, 0) is 36.8 Å². The second kappa shape index (κ2) is 5.30. The first-order valence-electron chi connectivity index (χ1n) is 6.50. The zero-order valence-corrected chi connectivity index (χ0v) is 12.8. The van der Waals surface area contributed by atoms with Crippen LogP contribution in [0.3, 0.4) is 0 Å². The van der Waals surface area contributed by atoms with Gasteiger partial charge in [0.15, 0.2) is 11.5 Å². The Morgan fingerprint density at radius 2 is 1.86 bits per heavy atom. The van der Waals surface area contributed by atoms with Crippen molar-refractivity contribution in [3.05, 3.63) is 41.2 Å². The number of methoxy groups -OCH3 is 2. The first-order chi connectivity index (χ1) is 10.1. The number of nitrogens with one attached hydrogen (secondary N) is 1. The van der Waals surface area contributed by atoms with Crippen LogP contribution in [0, 0.1) is 6.92 Å². The molecule has 0 saturated heterocycles. The molecule has 1 aromatic carbocycles. The molecule has 0 atom stereocenters. The van der Waals surface area contributed by atoms with Gasteiger partial charge < -0.3 is 14.5 Å². The van der Waals surface area contributed by atoms with Crippen molar-refractivity contribution in [2.45, 2.75) is 6.92 Å². The van der Waals surface area contributed by atoms with Crippen LogP contribution in [0.25, 0.3) is 22.2 Å². The minimum atomic E-state index is 0.489. The molecule has 2 heterocycles. The Morgan fingerprint density at radius 3 is 2.57 bits per heavy atom. The zero-order valence-electron chi connectivity index (χ0n) is 12.0. The number of pyridine rings is 1. The van der Waals surface area contributed by atoms with Gasteiger partial charge in [-0.2, -0.15) is 0 Å². The van der Waals surface area contributed by atoms with E-state index in [1.807, 2.05) is 24.3 Å². The highest BCUT2D eigenvalue weighted by Crippen LogP contribution is 2.35. The Labute approximate surface area is 127 Å². The van der Waals surface area contributed by atoms with E-state index in [0.29, 0.717) is 16.7 Å². The molecule has 0 amide bonds. The summed E-state index contributed by atoms with van der Waals surface area (Å²) < 4.78 is 10.6. The molecule has 4 nitrogen and oxygen atoms in total. The quantitative estimate of drug-likeness (QED) is 0.737. The lowest BCUT2D eigenvalue weighted by Gasteiger charge is -2.09. The number of H-pyrrole nitrogens is 1. The van der Waals surface area contributed by atoms with Crippen LogP contribution < -0.4 is 9.47 Å². The normalized spacial score (nSPS) is 10.9. The van der Waals surface area contributed by atoms with Gasteiger partial charge in [0.25, 0.3) is 0 Å². The van der Waals surface area contributed by atoms with Gasteiger partial charge in [0.05, 0.1) is 25.9 Å². The number of halogens is 1. The molecule has 0 fully saturated rings. The number of hydrogen-bond acceptors (Lipinski definition) is 3. The Balaban J connectivity index is 2.18. The molecule has 0 aliphatic rings. The fraction of sp³-hybridized carbons (Fsp3) is 0.188. The minimum absolute atomic E-state index is 0.489. The molecule has 0 unspecified atom stereocenters. The number of ether oxygens (including phenoxy) is 2. The van der Waals surface area contributed by atoms with E-state index in [9.17, 15) is 0 Å². The summed E-state index contributed by atoms with van der Waals surface area (Å²) in [6.07, 6.45) is 1.74. The third kappa shape index (κ3) is 2.32. The molecule has 2 aromatic heterocycles. The maximum absolute atomic E-state index is 5.97. The van der Waals surface area contributed by atoms with Crippen molar-refractivity contribution < 1.29 is 9.47 Å². The van der Waals surface area contributed by atoms with E-state index in [1.54, 1.807) is 20.4 Å². The van der Waals surface area contributed by atoms with Crippen LogP contribution in [0.5, 0.6) is 11.5 Å². The smallest absolute Gasteiger partial charge is 0.161 e. The van der Waals surface area contributed by atoms with Crippen molar-refractivity contribution in [1.82, 2.24) is 9.97 Å². The van der Waals surface area contributed by atoms with Gasteiger partial charge in [0, 0.05) is 16.6 Å². The van der Waals surface area contributed by atoms with Gasteiger partial charge in [-0.15, -0.1) is 0 Å². The lowest BCUT2D eigenvalue weighted by Crippen LogP contribution is -1.91. The fourth-order valence-electron chi connectivity index (χ4n) is 2.48. The molecule has 0 bridgehead atoms. The predicted molar refractivity (Wildman–Crippen MR) is 84.4 cm³/mol. The summed E-state index contributed by atoms with van der Waals surface area (Å²) in [4.78, 5) is 7.48. The average molecular weight is 303 g/mol. The van der Waals surface area contributed by atoms with Crippen molar-refractivity contribution in [3.63, 3.8) is 0 Å². The Morgan fingerprint density at radius 1 is 1.10 bits per heavy atom. The Kier molecular flexibility index (Phi) is 3.47. The molecule has 1 N–H and O–H groups in total. The molecule has 3 rings (SSSR count). The third-order valence-electron chi connectivity index (χ3n) is 3.58. The fourth-order valence-corrected chi connectivity index (χ4v) is 2.64. The highest BCUT2D eigenvalue weighted by atomic mass is 35.5. The van der Waals surface area contributed by atoms with Crippen LogP contribution in [-0.2, 0) is 0 Å². The number of aryl methyl sites for hydroxylation is 1. The second-order valence-electron chi connectivity index (χ2n) is 4.75. The first-order valence-corrected chi connectivity index (χ1v) is 6.88. The number of aromatic nitrogens is 2. The summed E-state index contributed by atoms with van der Waals surface area (Å²) in [5.41, 5.74) is 4.13. The SMILES string of the molecule is COc1ccc(-c2[nH]c3cnc(Cl)cc3c2C)cc1OC. The summed E-state index contributed by atoms with van der Waals surface area (Å²) in [5, 5.41) is 1.56. The lowest BCUT2D eigenvalue weighted by atomic mass is 10.1. The van der Waals surface area contributed by atoms with Gasteiger partial charge in [-0.25, -0.2) is 4.98 Å². The molecule has 21 heavy (non-hydrogen) atoms. The highest BCUT2D eigenvalue weighted by Gasteiger charge is 2.13. The number of fused-ring (bicyclic) bond motifs is 1. The van der Waals surface area contributed by atoms with Crippen LogP contribution in [0.1, 0.15) is 5.56 Å². The summed E-state index contributed by atoms with van der Waals surface area (Å²) in [6.45, 7) is 2.06. The molecule has 0 radical (unpaired) electrons. The number of rotatable bonds is 3. The zero-order chi connectivity index (χ0) is 15.0. The number of hydrogen-bond donors (Lipinski definition) is 1. The molecule has 108 valence electrons. The number of aromatic amines is 1. The van der Waals surface area contributed by atoms with Crippen LogP contribution in [0.15, 0.2) is 30.5 Å². The summed E-state index contributed by atoms with van der Waals surface area (Å²) in [7, 11) is 3.25. The van der Waals surface area contributed by atoms with Gasteiger partial charge in [-0.3, -0.25) is 0 Å². The van der Waals surface area contributed by atoms with Gasteiger partial charge >= 0.3 is 0 Å². The topological polar surface area (TPSA) is 47.1 Å². The third-order valence-corrected chi connectivity index (χ3v) is 3.79. The molecule has 0 spiro atoms. The molecule has 3 aromatic rings. The first kappa shape index (κ1) is 13.8. The van der Waals surface area contributed by atoms with E-state index in [-0.39, 0.29) is 0 Å². The van der Waals surface area contributed by atoms with Crippen LogP contribution in [0.2, 0.25) is 5.15 Å². The monoisotopic (exact) mass is 302 g/mol. The van der Waals surface area contributed by atoms with Crippen molar-refractivity contribution in [2.75, 3.05) is 14.2 Å². The maximum Gasteiger partial charge on any atom is 0.161 e. The van der Waals surface area contributed by atoms with E-state index < -0.39 is 0 Å². The molecule has 5 heteroatoms. The van der Waals surface area contributed by atoms with Crippen molar-refractivity contribution >= 4 is 22.5 Å². The summed E-state index contributed by atoms with van der Waals surface area (Å²) >= 11 is 5.97. The van der Waals surface area contributed by atoms with Gasteiger partial charge in [0.2, 0.25) is 0 Å². The van der Waals surface area contributed by atoms with E-state index in [0.717, 1.165) is 27.7 Å². The van der Waals surface area contributed by atoms with Crippen molar-refractivity contribution in [2.24, 2.45) is 0 Å². The second-order valence-corrected chi connectivity index (χ2v) is 5.13. The van der Waals surface area contributed by atoms with Crippen LogP contribution in [0.4, 0.5) is 0 Å². The molecule has 0 aliphatic heterocycles. The average Bonchev–Trinajstić information content (AvgIpc) is 2.83. The summed E-state index contributed by atoms with van der Waals surface area (Å²) in [5.74, 6) is 1.41. The highest BCUT2D eigenvalue weighted by molar-refractivity contribution is 6.30. The molecule has 0 saturated carbocycles. The predicted octanol–water partition coefficient (Wildman–Crippen LogP) is 4.21. The van der Waals surface area contributed by atoms with E-state index in [4.69, 9.17) is 21.1 Å². The van der Waals surface area contributed by atoms with E-state index in [1.165, 1.54) is 0 Å².